The predicted molar refractivity (Wildman–Crippen MR) is 181 cm³/mol. The Balaban J connectivity index is 1.12. The average Bonchev–Trinajstić information content (AvgIpc) is 3.56. The highest BCUT2D eigenvalue weighted by Crippen LogP contribution is 2.29. The Kier molecular flexibility index (Phi) is 14.8. The van der Waals surface area contributed by atoms with Gasteiger partial charge in [-0.3, -0.25) is 9.78 Å². The van der Waals surface area contributed by atoms with Crippen molar-refractivity contribution in [1.82, 2.24) is 4.98 Å². The number of hydrogen-bond donors (Lipinski definition) is 0. The number of ether oxygens (including phenoxy) is 1. The Morgan fingerprint density at radius 1 is 0.674 bits per heavy atom. The van der Waals surface area contributed by atoms with Gasteiger partial charge in [0.15, 0.2) is 0 Å². The van der Waals surface area contributed by atoms with Crippen LogP contribution in [0.1, 0.15) is 134 Å². The number of pyridine rings is 1. The topological polar surface area (TPSA) is 39.2 Å². The van der Waals surface area contributed by atoms with Crippen LogP contribution in [-0.4, -0.2) is 11.0 Å². The molecule has 3 heteroatoms. The van der Waals surface area contributed by atoms with Crippen LogP contribution in [-0.2, 0) is 11.2 Å². The van der Waals surface area contributed by atoms with E-state index >= 15 is 0 Å². The number of aromatic nitrogens is 1. The quantitative estimate of drug-likeness (QED) is 0.0757. The summed E-state index contributed by atoms with van der Waals surface area (Å²) in [4.78, 5) is 17.1. The average molecular weight is 582 g/mol. The van der Waals surface area contributed by atoms with Gasteiger partial charge in [0.25, 0.3) is 0 Å². The summed E-state index contributed by atoms with van der Waals surface area (Å²) in [7, 11) is 0. The van der Waals surface area contributed by atoms with Crippen molar-refractivity contribution in [2.24, 2.45) is 5.92 Å². The number of hydrogen-bond acceptors (Lipinski definition) is 3. The van der Waals surface area contributed by atoms with Crippen molar-refractivity contribution in [2.75, 3.05) is 0 Å². The molecule has 232 valence electrons. The number of esters is 1. The standard InChI is InChI=1S/C40H55NO2/c1-2-3-4-5-6-7-9-13-20-34-22-31-39(41-32-34)37-25-23-35(24-26-37)36-27-29-38(30-28-36)43-40(42)21-14-11-8-10-12-17-33-18-15-16-19-33/h22-33H,2-21H2,1H3. The highest BCUT2D eigenvalue weighted by atomic mass is 16.5. The van der Waals surface area contributed by atoms with Crippen molar-refractivity contribution < 1.29 is 9.53 Å². The first-order chi connectivity index (χ1) is 21.2. The van der Waals surface area contributed by atoms with E-state index in [0.717, 1.165) is 47.6 Å². The number of carbonyl (C=O) groups excluding carboxylic acids is 1. The molecule has 3 nitrogen and oxygen atoms in total. The lowest BCUT2D eigenvalue weighted by Gasteiger charge is -2.08. The van der Waals surface area contributed by atoms with Crippen LogP contribution in [0.3, 0.4) is 0 Å². The molecular weight excluding hydrogens is 526 g/mol. The van der Waals surface area contributed by atoms with Gasteiger partial charge < -0.3 is 4.74 Å². The molecule has 0 N–H and O–H groups in total. The van der Waals surface area contributed by atoms with Gasteiger partial charge in [-0.25, -0.2) is 0 Å². The molecule has 1 aromatic heterocycles. The molecule has 43 heavy (non-hydrogen) atoms. The van der Waals surface area contributed by atoms with Gasteiger partial charge in [0.1, 0.15) is 5.75 Å². The smallest absolute Gasteiger partial charge is 0.311 e. The van der Waals surface area contributed by atoms with Gasteiger partial charge in [-0.2, -0.15) is 0 Å². The maximum atomic E-state index is 12.3. The number of aryl methyl sites for hydroxylation is 1. The van der Waals surface area contributed by atoms with Crippen molar-refractivity contribution in [3.63, 3.8) is 0 Å². The second-order valence-electron chi connectivity index (χ2n) is 12.8. The van der Waals surface area contributed by atoms with E-state index in [1.807, 2.05) is 30.5 Å². The van der Waals surface area contributed by atoms with Gasteiger partial charge in [-0.05, 0) is 60.1 Å². The summed E-state index contributed by atoms with van der Waals surface area (Å²) >= 11 is 0. The summed E-state index contributed by atoms with van der Waals surface area (Å²) in [6.07, 6.45) is 27.6. The second kappa shape index (κ2) is 19.4. The van der Waals surface area contributed by atoms with Gasteiger partial charge in [-0.1, -0.05) is 152 Å². The summed E-state index contributed by atoms with van der Waals surface area (Å²) in [5, 5.41) is 0. The first-order valence-electron chi connectivity index (χ1n) is 17.6. The van der Waals surface area contributed by atoms with Gasteiger partial charge in [0.2, 0.25) is 0 Å². The molecule has 2 aromatic carbocycles. The zero-order chi connectivity index (χ0) is 30.0. The summed E-state index contributed by atoms with van der Waals surface area (Å²) < 4.78 is 5.59. The second-order valence-corrected chi connectivity index (χ2v) is 12.8. The Morgan fingerprint density at radius 3 is 1.91 bits per heavy atom. The van der Waals surface area contributed by atoms with Crippen LogP contribution in [0.5, 0.6) is 5.75 Å². The molecule has 0 spiro atoms. The van der Waals surface area contributed by atoms with Crippen molar-refractivity contribution >= 4 is 5.97 Å². The number of benzene rings is 2. The number of carbonyl (C=O) groups is 1. The molecule has 0 saturated heterocycles. The molecular formula is C40H55NO2. The minimum Gasteiger partial charge on any atom is -0.427 e. The van der Waals surface area contributed by atoms with E-state index in [9.17, 15) is 4.79 Å². The highest BCUT2D eigenvalue weighted by Gasteiger charge is 2.14. The number of nitrogens with zero attached hydrogens (tertiary/aromatic N) is 1. The lowest BCUT2D eigenvalue weighted by Crippen LogP contribution is -2.07. The van der Waals surface area contributed by atoms with Crippen molar-refractivity contribution in [2.45, 2.75) is 135 Å². The van der Waals surface area contributed by atoms with Gasteiger partial charge >= 0.3 is 5.97 Å². The van der Waals surface area contributed by atoms with E-state index in [1.165, 1.54) is 108 Å². The lowest BCUT2D eigenvalue weighted by atomic mass is 9.99. The molecule has 1 saturated carbocycles. The molecule has 1 heterocycles. The largest absolute Gasteiger partial charge is 0.427 e. The monoisotopic (exact) mass is 581 g/mol. The number of rotatable bonds is 20. The molecule has 3 aromatic rings. The molecule has 0 amide bonds. The van der Waals surface area contributed by atoms with E-state index in [2.05, 4.69) is 43.3 Å². The van der Waals surface area contributed by atoms with Gasteiger partial charge in [-0.15, -0.1) is 0 Å². The molecule has 1 aliphatic rings. The third kappa shape index (κ3) is 12.3. The van der Waals surface area contributed by atoms with Gasteiger partial charge in [0.05, 0.1) is 5.69 Å². The van der Waals surface area contributed by atoms with Crippen LogP contribution in [0.4, 0.5) is 0 Å². The molecule has 0 atom stereocenters. The molecule has 1 fully saturated rings. The fraction of sp³-hybridized carbons (Fsp3) is 0.550. The lowest BCUT2D eigenvalue weighted by molar-refractivity contribution is -0.134. The van der Waals surface area contributed by atoms with Crippen molar-refractivity contribution in [1.29, 1.82) is 0 Å². The van der Waals surface area contributed by atoms with Crippen molar-refractivity contribution in [3.8, 4) is 28.1 Å². The predicted octanol–water partition coefficient (Wildman–Crippen LogP) is 11.9. The SMILES string of the molecule is CCCCCCCCCCc1ccc(-c2ccc(-c3ccc(OC(=O)CCCCCCCC4CCCC4)cc3)cc2)nc1. The van der Waals surface area contributed by atoms with E-state index < -0.39 is 0 Å². The normalized spacial score (nSPS) is 13.4. The summed E-state index contributed by atoms with van der Waals surface area (Å²) in [6, 6.07) is 20.8. The summed E-state index contributed by atoms with van der Waals surface area (Å²) in [6.45, 7) is 2.27. The summed E-state index contributed by atoms with van der Waals surface area (Å²) in [5.41, 5.74) is 5.72. The van der Waals surface area contributed by atoms with Crippen LogP contribution in [0.15, 0.2) is 66.9 Å². The fourth-order valence-electron chi connectivity index (χ4n) is 6.47. The Bertz CT molecular complexity index is 1160. The van der Waals surface area contributed by atoms with Crippen LogP contribution in [0.2, 0.25) is 0 Å². The first kappa shape index (κ1) is 33.0. The molecule has 0 unspecified atom stereocenters. The van der Waals surface area contributed by atoms with Crippen molar-refractivity contribution in [3.05, 3.63) is 72.4 Å². The van der Waals surface area contributed by atoms with E-state index in [1.54, 1.807) is 0 Å². The Labute approximate surface area is 261 Å². The minimum absolute atomic E-state index is 0.126. The third-order valence-electron chi connectivity index (χ3n) is 9.21. The van der Waals surface area contributed by atoms with Crippen LogP contribution in [0.25, 0.3) is 22.4 Å². The zero-order valence-corrected chi connectivity index (χ0v) is 26.8. The van der Waals surface area contributed by atoms with E-state index in [-0.39, 0.29) is 5.97 Å². The van der Waals surface area contributed by atoms with E-state index in [0.29, 0.717) is 12.2 Å². The zero-order valence-electron chi connectivity index (χ0n) is 26.8. The molecule has 0 bridgehead atoms. The van der Waals surface area contributed by atoms with Gasteiger partial charge in [0, 0.05) is 18.2 Å². The van der Waals surface area contributed by atoms with Crippen LogP contribution in [0, 0.1) is 5.92 Å². The molecule has 0 aliphatic heterocycles. The highest BCUT2D eigenvalue weighted by molar-refractivity contribution is 5.73. The molecule has 4 rings (SSSR count). The summed E-state index contributed by atoms with van der Waals surface area (Å²) in [5.74, 6) is 1.49. The third-order valence-corrected chi connectivity index (χ3v) is 9.21. The fourth-order valence-corrected chi connectivity index (χ4v) is 6.47. The Hall–Kier alpha value is -2.94. The van der Waals surface area contributed by atoms with E-state index in [4.69, 9.17) is 9.72 Å². The van der Waals surface area contributed by atoms with Crippen LogP contribution >= 0.6 is 0 Å². The molecule has 1 aliphatic carbocycles. The minimum atomic E-state index is -0.126. The molecule has 0 radical (unpaired) electrons. The first-order valence-corrected chi connectivity index (χ1v) is 17.6. The van der Waals surface area contributed by atoms with Crippen LogP contribution < -0.4 is 4.74 Å². The maximum absolute atomic E-state index is 12.3. The number of unbranched alkanes of at least 4 members (excludes halogenated alkanes) is 11. The Morgan fingerprint density at radius 2 is 1.26 bits per heavy atom. The maximum Gasteiger partial charge on any atom is 0.311 e.